The summed E-state index contributed by atoms with van der Waals surface area (Å²) in [6, 6.07) is 12.5. The van der Waals surface area contributed by atoms with E-state index < -0.39 is 0 Å². The molecule has 2 heterocycles. The van der Waals surface area contributed by atoms with Gasteiger partial charge in [-0.15, -0.1) is 11.3 Å². The van der Waals surface area contributed by atoms with Crippen molar-refractivity contribution in [3.63, 3.8) is 0 Å². The molecule has 0 radical (unpaired) electrons. The van der Waals surface area contributed by atoms with Crippen LogP contribution in [0.15, 0.2) is 55.1 Å². The zero-order chi connectivity index (χ0) is 24.2. The van der Waals surface area contributed by atoms with E-state index in [1.54, 1.807) is 37.4 Å². The Bertz CT molecular complexity index is 1250. The monoisotopic (exact) mass is 478 g/mol. The summed E-state index contributed by atoms with van der Waals surface area (Å²) in [6.45, 7) is 6.81. The first-order valence-corrected chi connectivity index (χ1v) is 11.7. The SMILES string of the molecule is C=CC(=O)N(C)CCOc1ccc(NC(=O)c2ccc3sc4c(c3c2)NCC(C)NC4=O)cc1. The van der Waals surface area contributed by atoms with Crippen LogP contribution >= 0.6 is 11.3 Å². The minimum Gasteiger partial charge on any atom is -0.492 e. The third kappa shape index (κ3) is 5.04. The molecule has 1 aromatic heterocycles. The van der Waals surface area contributed by atoms with E-state index in [-0.39, 0.29) is 23.8 Å². The predicted octanol–water partition coefficient (Wildman–Crippen LogP) is 3.72. The summed E-state index contributed by atoms with van der Waals surface area (Å²) in [4.78, 5) is 39.0. The van der Waals surface area contributed by atoms with Crippen molar-refractivity contribution in [3.8, 4) is 5.75 Å². The predicted molar refractivity (Wildman–Crippen MR) is 135 cm³/mol. The number of rotatable bonds is 7. The highest BCUT2D eigenvalue weighted by Gasteiger charge is 2.24. The van der Waals surface area contributed by atoms with Crippen LogP contribution in [0.4, 0.5) is 11.4 Å². The molecule has 0 bridgehead atoms. The topological polar surface area (TPSA) is 99.8 Å². The molecule has 34 heavy (non-hydrogen) atoms. The van der Waals surface area contributed by atoms with Gasteiger partial charge in [-0.05, 0) is 55.5 Å². The average Bonchev–Trinajstić information content (AvgIpc) is 3.14. The zero-order valence-electron chi connectivity index (χ0n) is 19.0. The van der Waals surface area contributed by atoms with E-state index in [1.807, 2.05) is 19.1 Å². The first-order valence-electron chi connectivity index (χ1n) is 10.9. The van der Waals surface area contributed by atoms with Gasteiger partial charge in [0.25, 0.3) is 11.8 Å². The van der Waals surface area contributed by atoms with Crippen molar-refractivity contribution in [2.24, 2.45) is 0 Å². The van der Waals surface area contributed by atoms with E-state index >= 15 is 0 Å². The molecule has 1 aliphatic rings. The van der Waals surface area contributed by atoms with Crippen LogP contribution in [0.5, 0.6) is 5.75 Å². The second-order valence-electron chi connectivity index (χ2n) is 8.06. The largest absolute Gasteiger partial charge is 0.492 e. The lowest BCUT2D eigenvalue weighted by atomic mass is 10.1. The Hall–Kier alpha value is -3.85. The lowest BCUT2D eigenvalue weighted by molar-refractivity contribution is -0.125. The minimum absolute atomic E-state index is 0.0242. The number of carbonyl (C=O) groups is 3. The Labute approximate surface area is 201 Å². The number of fused-ring (bicyclic) bond motifs is 3. The van der Waals surface area contributed by atoms with E-state index in [1.165, 1.54) is 22.3 Å². The summed E-state index contributed by atoms with van der Waals surface area (Å²) in [6.07, 6.45) is 1.26. The molecule has 0 spiro atoms. The molecule has 1 unspecified atom stereocenters. The minimum atomic E-state index is -0.244. The van der Waals surface area contributed by atoms with Gasteiger partial charge in [-0.1, -0.05) is 6.58 Å². The summed E-state index contributed by atoms with van der Waals surface area (Å²) in [7, 11) is 1.68. The van der Waals surface area contributed by atoms with Gasteiger partial charge in [-0.2, -0.15) is 0 Å². The van der Waals surface area contributed by atoms with E-state index in [9.17, 15) is 14.4 Å². The van der Waals surface area contributed by atoms with Gasteiger partial charge in [0.1, 0.15) is 17.2 Å². The molecule has 2 aromatic carbocycles. The van der Waals surface area contributed by atoms with Crippen molar-refractivity contribution in [3.05, 3.63) is 65.6 Å². The molecule has 3 N–H and O–H groups in total. The van der Waals surface area contributed by atoms with E-state index in [2.05, 4.69) is 22.5 Å². The van der Waals surface area contributed by atoms with E-state index in [4.69, 9.17) is 4.74 Å². The molecule has 8 nitrogen and oxygen atoms in total. The first-order chi connectivity index (χ1) is 16.4. The number of thiophene rings is 1. The van der Waals surface area contributed by atoms with Crippen LogP contribution in [0.25, 0.3) is 10.1 Å². The highest BCUT2D eigenvalue weighted by molar-refractivity contribution is 7.21. The Balaban J connectivity index is 1.41. The molecule has 0 saturated heterocycles. The van der Waals surface area contributed by atoms with Crippen LogP contribution in [0, 0.1) is 0 Å². The normalized spacial score (nSPS) is 14.9. The van der Waals surface area contributed by atoms with Crippen LogP contribution in [0.3, 0.4) is 0 Å². The third-order valence-corrected chi connectivity index (χ3v) is 6.65. The van der Waals surface area contributed by atoms with Crippen LogP contribution in [0.2, 0.25) is 0 Å². The molecular formula is C25H26N4O4S. The van der Waals surface area contributed by atoms with Crippen LogP contribution in [-0.4, -0.2) is 55.4 Å². The summed E-state index contributed by atoms with van der Waals surface area (Å²) in [5.74, 6) is 0.137. The molecule has 0 fully saturated rings. The molecular weight excluding hydrogens is 452 g/mol. The first kappa shape index (κ1) is 23.3. The molecule has 176 valence electrons. The fourth-order valence-corrected chi connectivity index (χ4v) is 4.64. The fraction of sp³-hybridized carbons (Fsp3) is 0.240. The quantitative estimate of drug-likeness (QED) is 0.450. The maximum absolute atomic E-state index is 12.9. The molecule has 0 saturated carbocycles. The van der Waals surface area contributed by atoms with E-state index in [0.717, 1.165) is 15.8 Å². The summed E-state index contributed by atoms with van der Waals surface area (Å²) >= 11 is 1.41. The lowest BCUT2D eigenvalue weighted by Crippen LogP contribution is -2.34. The summed E-state index contributed by atoms with van der Waals surface area (Å²) in [5, 5.41) is 10.1. The van der Waals surface area contributed by atoms with Crippen molar-refractivity contribution in [1.29, 1.82) is 0 Å². The number of ether oxygens (including phenoxy) is 1. The van der Waals surface area contributed by atoms with E-state index in [0.29, 0.717) is 41.6 Å². The number of hydrogen-bond acceptors (Lipinski definition) is 6. The smallest absolute Gasteiger partial charge is 0.263 e. The summed E-state index contributed by atoms with van der Waals surface area (Å²) < 4.78 is 6.60. The van der Waals surface area contributed by atoms with Crippen LogP contribution in [0.1, 0.15) is 27.0 Å². The number of carbonyl (C=O) groups excluding carboxylic acids is 3. The van der Waals surface area contributed by atoms with Gasteiger partial charge in [-0.25, -0.2) is 0 Å². The Morgan fingerprint density at radius 2 is 2.03 bits per heavy atom. The molecule has 1 atom stereocenters. The number of hydrogen-bond donors (Lipinski definition) is 3. The number of amides is 3. The number of nitrogens with zero attached hydrogens (tertiary/aromatic N) is 1. The maximum Gasteiger partial charge on any atom is 0.263 e. The Morgan fingerprint density at radius 3 is 2.76 bits per heavy atom. The molecule has 4 rings (SSSR count). The van der Waals surface area contributed by atoms with Crippen molar-refractivity contribution < 1.29 is 19.1 Å². The van der Waals surface area contributed by atoms with Crippen LogP contribution < -0.4 is 20.7 Å². The maximum atomic E-state index is 12.9. The highest BCUT2D eigenvalue weighted by atomic mass is 32.1. The number of benzene rings is 2. The van der Waals surface area contributed by atoms with Crippen molar-refractivity contribution in [2.45, 2.75) is 13.0 Å². The average molecular weight is 479 g/mol. The Morgan fingerprint density at radius 1 is 1.26 bits per heavy atom. The standard InChI is InChI=1S/C25H26N4O4S/c1-4-21(30)29(3)11-12-33-18-8-6-17(7-9-18)28-24(31)16-5-10-20-19(13-16)22-23(34-20)25(32)27-15(2)14-26-22/h4-10,13,15,26H,1,11-12,14H2,2-3H3,(H,27,32)(H,28,31). The van der Waals surface area contributed by atoms with Gasteiger partial charge in [0.2, 0.25) is 5.91 Å². The highest BCUT2D eigenvalue weighted by Crippen LogP contribution is 2.37. The van der Waals surface area contributed by atoms with Gasteiger partial charge in [0, 0.05) is 41.0 Å². The van der Waals surface area contributed by atoms with Gasteiger partial charge < -0.3 is 25.6 Å². The van der Waals surface area contributed by atoms with Gasteiger partial charge >= 0.3 is 0 Å². The van der Waals surface area contributed by atoms with Gasteiger partial charge in [0.05, 0.1) is 12.2 Å². The zero-order valence-corrected chi connectivity index (χ0v) is 19.8. The van der Waals surface area contributed by atoms with Crippen molar-refractivity contribution in [2.75, 3.05) is 37.4 Å². The third-order valence-electron chi connectivity index (χ3n) is 5.48. The number of nitrogens with one attached hydrogen (secondary N) is 3. The van der Waals surface area contributed by atoms with Crippen LogP contribution in [-0.2, 0) is 4.79 Å². The molecule has 0 aliphatic carbocycles. The summed E-state index contributed by atoms with van der Waals surface area (Å²) in [5.41, 5.74) is 1.91. The molecule has 3 aromatic rings. The van der Waals surface area contributed by atoms with Gasteiger partial charge in [0.15, 0.2) is 0 Å². The molecule has 1 aliphatic heterocycles. The molecule has 9 heteroatoms. The Kier molecular flexibility index (Phi) is 6.83. The second-order valence-corrected chi connectivity index (χ2v) is 9.12. The number of anilines is 2. The van der Waals surface area contributed by atoms with Gasteiger partial charge in [-0.3, -0.25) is 14.4 Å². The lowest BCUT2D eigenvalue weighted by Gasteiger charge is -2.15. The fourth-order valence-electron chi connectivity index (χ4n) is 3.57. The second kappa shape index (κ2) is 9.96. The van der Waals surface area contributed by atoms with Crippen molar-refractivity contribution in [1.82, 2.24) is 10.2 Å². The van der Waals surface area contributed by atoms with Crippen molar-refractivity contribution >= 4 is 50.5 Å². The molecule has 3 amide bonds. The number of likely N-dealkylation sites (N-methyl/N-ethyl adjacent to an activating group) is 1.